The van der Waals surface area contributed by atoms with Crippen molar-refractivity contribution in [2.45, 2.75) is 20.3 Å². The quantitative estimate of drug-likeness (QED) is 0.357. The van der Waals surface area contributed by atoms with Crippen molar-refractivity contribution < 1.29 is 19.1 Å². The lowest BCUT2D eigenvalue weighted by atomic mass is 10.2. The van der Waals surface area contributed by atoms with E-state index in [1.165, 1.54) is 13.8 Å². The molecule has 0 aliphatic carbocycles. The topological polar surface area (TPSA) is 60.4 Å². The van der Waals surface area contributed by atoms with E-state index < -0.39 is 11.8 Å². The lowest BCUT2D eigenvalue weighted by Crippen LogP contribution is -2.16. The number of carbonyl (C=O) groups is 3. The van der Waals surface area contributed by atoms with Crippen molar-refractivity contribution in [2.75, 3.05) is 6.61 Å². The van der Waals surface area contributed by atoms with Crippen LogP contribution in [-0.2, 0) is 19.1 Å². The Balaban J connectivity index is 3.77. The molecule has 0 aromatic carbocycles. The van der Waals surface area contributed by atoms with Gasteiger partial charge in [-0.1, -0.05) is 6.58 Å². The zero-order valence-corrected chi connectivity index (χ0v) is 7.75. The molecule has 0 aromatic rings. The summed E-state index contributed by atoms with van der Waals surface area (Å²) >= 11 is 0. The molecule has 4 nitrogen and oxygen atoms in total. The van der Waals surface area contributed by atoms with Crippen molar-refractivity contribution in [3.8, 4) is 0 Å². The molecule has 0 N–H and O–H groups in total. The molecular weight excluding hydrogens is 172 g/mol. The summed E-state index contributed by atoms with van der Waals surface area (Å²) in [5.74, 6) is -1.25. The van der Waals surface area contributed by atoms with E-state index in [1.807, 2.05) is 0 Å². The van der Waals surface area contributed by atoms with E-state index in [2.05, 4.69) is 11.3 Å². The van der Waals surface area contributed by atoms with Crippen LogP contribution >= 0.6 is 0 Å². The van der Waals surface area contributed by atoms with Crippen LogP contribution in [-0.4, -0.2) is 24.1 Å². The first kappa shape index (κ1) is 11.6. The van der Waals surface area contributed by atoms with Crippen molar-refractivity contribution >= 4 is 17.5 Å². The zero-order chi connectivity index (χ0) is 10.4. The van der Waals surface area contributed by atoms with Crippen LogP contribution in [0.2, 0.25) is 0 Å². The fourth-order valence-corrected chi connectivity index (χ4v) is 0.598. The molecule has 0 amide bonds. The normalized spacial score (nSPS) is 9.08. The smallest absolute Gasteiger partial charge is 0.333 e. The largest absolute Gasteiger partial charge is 0.454 e. The lowest BCUT2D eigenvalue weighted by Gasteiger charge is -2.01. The van der Waals surface area contributed by atoms with Gasteiger partial charge < -0.3 is 4.74 Å². The fourth-order valence-electron chi connectivity index (χ4n) is 0.598. The molecule has 0 aromatic heterocycles. The van der Waals surface area contributed by atoms with Gasteiger partial charge in [0.2, 0.25) is 0 Å². The van der Waals surface area contributed by atoms with Gasteiger partial charge in [-0.3, -0.25) is 9.59 Å². The van der Waals surface area contributed by atoms with Gasteiger partial charge in [0, 0.05) is 5.57 Å². The summed E-state index contributed by atoms with van der Waals surface area (Å²) in [5, 5.41) is 0. The van der Waals surface area contributed by atoms with E-state index in [-0.39, 0.29) is 24.4 Å². The fraction of sp³-hybridized carbons (Fsp3) is 0.444. The van der Waals surface area contributed by atoms with Gasteiger partial charge in [0.1, 0.15) is 5.78 Å². The van der Waals surface area contributed by atoms with Crippen LogP contribution in [0.5, 0.6) is 0 Å². The number of carbonyl (C=O) groups excluding carboxylic acids is 3. The van der Waals surface area contributed by atoms with Crippen molar-refractivity contribution in [3.63, 3.8) is 0 Å². The Morgan fingerprint density at radius 2 is 1.77 bits per heavy atom. The molecule has 0 rings (SSSR count). The Kier molecular flexibility index (Phi) is 4.66. The van der Waals surface area contributed by atoms with Gasteiger partial charge in [-0.15, -0.1) is 0 Å². The first-order valence-electron chi connectivity index (χ1n) is 3.77. The van der Waals surface area contributed by atoms with E-state index in [0.717, 1.165) is 0 Å². The second-order valence-corrected chi connectivity index (χ2v) is 2.77. The van der Waals surface area contributed by atoms with Gasteiger partial charge in [0.15, 0.2) is 12.4 Å². The zero-order valence-electron chi connectivity index (χ0n) is 7.75. The third-order valence-corrected chi connectivity index (χ3v) is 1.16. The third-order valence-electron chi connectivity index (χ3n) is 1.16. The molecule has 0 aliphatic rings. The first-order chi connectivity index (χ1) is 5.93. The lowest BCUT2D eigenvalue weighted by molar-refractivity contribution is -0.144. The summed E-state index contributed by atoms with van der Waals surface area (Å²) in [7, 11) is 0. The standard InChI is InChI=1S/C9H12O4/c1-6(2)9(12)13-5-8(11)4-7(3)10/h1,4-5H2,2-3H3. The van der Waals surface area contributed by atoms with Crippen LogP contribution in [0.25, 0.3) is 0 Å². The van der Waals surface area contributed by atoms with Crippen LogP contribution in [0, 0.1) is 0 Å². The summed E-state index contributed by atoms with van der Waals surface area (Å²) < 4.78 is 4.53. The van der Waals surface area contributed by atoms with Crippen LogP contribution in [0.15, 0.2) is 12.2 Å². The average Bonchev–Trinajstić information content (AvgIpc) is 1.98. The van der Waals surface area contributed by atoms with Gasteiger partial charge in [-0.05, 0) is 13.8 Å². The first-order valence-corrected chi connectivity index (χ1v) is 3.77. The number of ketones is 2. The second-order valence-electron chi connectivity index (χ2n) is 2.77. The van der Waals surface area contributed by atoms with E-state index in [4.69, 9.17) is 0 Å². The van der Waals surface area contributed by atoms with Crippen LogP contribution < -0.4 is 0 Å². The van der Waals surface area contributed by atoms with Crippen molar-refractivity contribution in [1.29, 1.82) is 0 Å². The number of Topliss-reactive ketones (excluding diaryl/α,β-unsaturated/α-hetero) is 2. The summed E-state index contributed by atoms with van der Waals surface area (Å²) in [4.78, 5) is 32.1. The average molecular weight is 184 g/mol. The van der Waals surface area contributed by atoms with E-state index >= 15 is 0 Å². The number of hydrogen-bond donors (Lipinski definition) is 0. The molecule has 0 atom stereocenters. The van der Waals surface area contributed by atoms with Gasteiger partial charge in [-0.25, -0.2) is 4.79 Å². The van der Waals surface area contributed by atoms with Crippen molar-refractivity contribution in [3.05, 3.63) is 12.2 Å². The summed E-state index contributed by atoms with van der Waals surface area (Å²) in [6.07, 6.45) is -0.191. The molecule has 0 radical (unpaired) electrons. The number of hydrogen-bond acceptors (Lipinski definition) is 4. The Morgan fingerprint density at radius 1 is 1.23 bits per heavy atom. The van der Waals surface area contributed by atoms with Gasteiger partial charge >= 0.3 is 5.97 Å². The second kappa shape index (κ2) is 5.24. The summed E-state index contributed by atoms with van der Waals surface area (Å²) in [5.41, 5.74) is 0.232. The highest BCUT2D eigenvalue weighted by Crippen LogP contribution is 1.93. The number of ether oxygens (including phenoxy) is 1. The molecule has 0 spiro atoms. The van der Waals surface area contributed by atoms with Crippen LogP contribution in [0.1, 0.15) is 20.3 Å². The number of esters is 1. The summed E-state index contributed by atoms with van der Waals surface area (Å²) in [6.45, 7) is 5.77. The molecule has 0 bridgehead atoms. The monoisotopic (exact) mass is 184 g/mol. The van der Waals surface area contributed by atoms with Gasteiger partial charge in [-0.2, -0.15) is 0 Å². The molecule has 0 saturated heterocycles. The summed E-state index contributed by atoms with van der Waals surface area (Å²) in [6, 6.07) is 0. The van der Waals surface area contributed by atoms with E-state index in [9.17, 15) is 14.4 Å². The molecule has 72 valence electrons. The maximum atomic E-state index is 10.9. The Bertz CT molecular complexity index is 252. The maximum absolute atomic E-state index is 10.9. The Hall–Kier alpha value is -1.45. The highest BCUT2D eigenvalue weighted by molar-refractivity contribution is 5.99. The van der Waals surface area contributed by atoms with Crippen molar-refractivity contribution in [1.82, 2.24) is 0 Å². The molecule has 0 heterocycles. The highest BCUT2D eigenvalue weighted by Gasteiger charge is 2.09. The van der Waals surface area contributed by atoms with Crippen molar-refractivity contribution in [2.24, 2.45) is 0 Å². The minimum absolute atomic E-state index is 0.191. The van der Waals surface area contributed by atoms with E-state index in [0.29, 0.717) is 0 Å². The molecule has 0 fully saturated rings. The molecule has 0 aliphatic heterocycles. The SMILES string of the molecule is C=C(C)C(=O)OCC(=O)CC(C)=O. The minimum atomic E-state index is -0.614. The predicted molar refractivity (Wildman–Crippen MR) is 46.1 cm³/mol. The minimum Gasteiger partial charge on any atom is -0.454 e. The van der Waals surface area contributed by atoms with Gasteiger partial charge in [0.05, 0.1) is 6.42 Å². The Labute approximate surface area is 76.6 Å². The molecule has 0 unspecified atom stereocenters. The number of rotatable bonds is 5. The predicted octanol–water partition coefficient (Wildman–Crippen LogP) is 0.654. The van der Waals surface area contributed by atoms with Gasteiger partial charge in [0.25, 0.3) is 0 Å². The van der Waals surface area contributed by atoms with E-state index in [1.54, 1.807) is 0 Å². The third kappa shape index (κ3) is 5.78. The van der Waals surface area contributed by atoms with Crippen LogP contribution in [0.4, 0.5) is 0 Å². The van der Waals surface area contributed by atoms with Crippen LogP contribution in [0.3, 0.4) is 0 Å². The molecular formula is C9H12O4. The molecule has 0 saturated carbocycles. The maximum Gasteiger partial charge on any atom is 0.333 e. The molecule has 13 heavy (non-hydrogen) atoms. The highest BCUT2D eigenvalue weighted by atomic mass is 16.5. The molecule has 4 heteroatoms. The Morgan fingerprint density at radius 3 is 2.15 bits per heavy atom.